The van der Waals surface area contributed by atoms with E-state index in [0.717, 1.165) is 0 Å². The molecule has 2 rings (SSSR count). The summed E-state index contributed by atoms with van der Waals surface area (Å²) in [6, 6.07) is 7.52. The van der Waals surface area contributed by atoms with Gasteiger partial charge in [-0.05, 0) is 55.2 Å². The second kappa shape index (κ2) is 12.3. The van der Waals surface area contributed by atoms with Crippen LogP contribution in [-0.4, -0.2) is 36.2 Å². The fourth-order valence-corrected chi connectivity index (χ4v) is 2.79. The summed E-state index contributed by atoms with van der Waals surface area (Å²) in [5.74, 6) is -0.0834. The summed E-state index contributed by atoms with van der Waals surface area (Å²) in [5, 5.41) is 5.49. The largest absolute Gasteiger partial charge is 0.453 e. The third kappa shape index (κ3) is 8.86. The van der Waals surface area contributed by atoms with Crippen LogP contribution in [0.5, 0.6) is 11.5 Å². The molecule has 0 saturated carbocycles. The topological polar surface area (TPSA) is 89.6 Å². The number of alkyl carbamates (subject to hydrolysis) is 1. The van der Waals surface area contributed by atoms with Crippen LogP contribution in [-0.2, 0) is 9.53 Å². The summed E-state index contributed by atoms with van der Waals surface area (Å²) in [6.45, 7) is 6.31. The highest BCUT2D eigenvalue weighted by atomic mass is 19.1. The summed E-state index contributed by atoms with van der Waals surface area (Å²) in [7, 11) is 0. The number of rotatable bonds is 10. The summed E-state index contributed by atoms with van der Waals surface area (Å²) in [4.78, 5) is 27.7. The van der Waals surface area contributed by atoms with Crippen molar-refractivity contribution in [3.63, 3.8) is 0 Å². The van der Waals surface area contributed by atoms with Crippen molar-refractivity contribution in [2.75, 3.05) is 13.2 Å². The predicted octanol–water partition coefficient (Wildman–Crippen LogP) is 4.30. The van der Waals surface area contributed by atoms with Crippen LogP contribution >= 0.6 is 0 Å². The lowest BCUT2D eigenvalue weighted by molar-refractivity contribution is -0.116. The SMILES string of the molecule is CCOC(=O)NC(CNC(=O)/C=C/c1ccc(Oc2cccnc2)c(F)c1)CC(C)C. The lowest BCUT2D eigenvalue weighted by Gasteiger charge is -2.20. The molecule has 166 valence electrons. The van der Waals surface area contributed by atoms with Crippen LogP contribution < -0.4 is 15.4 Å². The van der Waals surface area contributed by atoms with E-state index in [0.29, 0.717) is 23.7 Å². The maximum absolute atomic E-state index is 14.3. The van der Waals surface area contributed by atoms with Gasteiger partial charge in [-0.1, -0.05) is 19.9 Å². The van der Waals surface area contributed by atoms with Crippen molar-refractivity contribution >= 4 is 18.1 Å². The molecule has 0 radical (unpaired) electrons. The van der Waals surface area contributed by atoms with Crippen molar-refractivity contribution in [1.82, 2.24) is 15.6 Å². The first kappa shape index (κ1) is 23.9. The molecule has 8 heteroatoms. The Hall–Kier alpha value is -3.42. The second-order valence-corrected chi connectivity index (χ2v) is 7.25. The van der Waals surface area contributed by atoms with E-state index in [2.05, 4.69) is 15.6 Å². The van der Waals surface area contributed by atoms with E-state index in [-0.39, 0.29) is 30.9 Å². The Bertz CT molecular complexity index is 888. The first-order chi connectivity index (χ1) is 14.9. The van der Waals surface area contributed by atoms with Gasteiger partial charge in [0.2, 0.25) is 5.91 Å². The third-order valence-electron chi connectivity index (χ3n) is 4.12. The molecule has 7 nitrogen and oxygen atoms in total. The first-order valence-electron chi connectivity index (χ1n) is 10.1. The molecule has 0 aliphatic carbocycles. The van der Waals surface area contributed by atoms with Crippen molar-refractivity contribution in [3.05, 3.63) is 60.2 Å². The van der Waals surface area contributed by atoms with E-state index < -0.39 is 11.9 Å². The predicted molar refractivity (Wildman–Crippen MR) is 116 cm³/mol. The number of hydrogen-bond acceptors (Lipinski definition) is 5. The van der Waals surface area contributed by atoms with Crippen LogP contribution in [0.1, 0.15) is 32.8 Å². The van der Waals surface area contributed by atoms with Crippen molar-refractivity contribution < 1.29 is 23.5 Å². The average molecular weight is 429 g/mol. The molecule has 31 heavy (non-hydrogen) atoms. The Morgan fingerprint density at radius 2 is 2.06 bits per heavy atom. The fourth-order valence-electron chi connectivity index (χ4n) is 2.79. The Balaban J connectivity index is 1.90. The van der Waals surface area contributed by atoms with Gasteiger partial charge in [-0.15, -0.1) is 0 Å². The lowest BCUT2D eigenvalue weighted by atomic mass is 10.0. The molecule has 1 heterocycles. The first-order valence-corrected chi connectivity index (χ1v) is 10.1. The fraction of sp³-hybridized carbons (Fsp3) is 0.348. The molecule has 2 amide bonds. The smallest absolute Gasteiger partial charge is 0.407 e. The molecule has 0 spiro atoms. The molecule has 2 aromatic rings. The maximum atomic E-state index is 14.3. The quantitative estimate of drug-likeness (QED) is 0.550. The number of carbonyl (C=O) groups is 2. The molecular weight excluding hydrogens is 401 g/mol. The minimum absolute atomic E-state index is 0.0659. The number of benzene rings is 1. The normalized spacial score (nSPS) is 11.9. The molecule has 0 fully saturated rings. The summed E-state index contributed by atoms with van der Waals surface area (Å²) < 4.78 is 24.6. The van der Waals surface area contributed by atoms with Gasteiger partial charge >= 0.3 is 6.09 Å². The minimum atomic E-state index is -0.554. The summed E-state index contributed by atoms with van der Waals surface area (Å²) >= 11 is 0. The number of aromatic nitrogens is 1. The second-order valence-electron chi connectivity index (χ2n) is 7.25. The van der Waals surface area contributed by atoms with E-state index in [1.807, 2.05) is 13.8 Å². The van der Waals surface area contributed by atoms with E-state index in [1.54, 1.807) is 31.3 Å². The zero-order valence-corrected chi connectivity index (χ0v) is 17.9. The Morgan fingerprint density at radius 1 is 1.26 bits per heavy atom. The van der Waals surface area contributed by atoms with E-state index in [1.165, 1.54) is 30.5 Å². The van der Waals surface area contributed by atoms with E-state index in [4.69, 9.17) is 9.47 Å². The zero-order valence-electron chi connectivity index (χ0n) is 17.9. The number of carbonyl (C=O) groups excluding carboxylic acids is 2. The van der Waals surface area contributed by atoms with Crippen molar-refractivity contribution in [2.45, 2.75) is 33.2 Å². The van der Waals surface area contributed by atoms with Gasteiger partial charge in [-0.25, -0.2) is 9.18 Å². The van der Waals surface area contributed by atoms with Crippen LogP contribution in [0.25, 0.3) is 6.08 Å². The highest BCUT2D eigenvalue weighted by Gasteiger charge is 2.15. The van der Waals surface area contributed by atoms with Crippen LogP contribution in [0, 0.1) is 11.7 Å². The van der Waals surface area contributed by atoms with Gasteiger partial charge in [0.15, 0.2) is 11.6 Å². The minimum Gasteiger partial charge on any atom is -0.453 e. The molecular formula is C23H28FN3O4. The van der Waals surface area contributed by atoms with Gasteiger partial charge in [0.1, 0.15) is 5.75 Å². The number of nitrogens with zero attached hydrogens (tertiary/aromatic N) is 1. The molecule has 0 aliphatic rings. The van der Waals surface area contributed by atoms with Crippen molar-refractivity contribution in [3.8, 4) is 11.5 Å². The monoisotopic (exact) mass is 429 g/mol. The molecule has 1 unspecified atom stereocenters. The van der Waals surface area contributed by atoms with E-state index >= 15 is 0 Å². The van der Waals surface area contributed by atoms with Crippen LogP contribution in [0.3, 0.4) is 0 Å². The Morgan fingerprint density at radius 3 is 2.71 bits per heavy atom. The average Bonchev–Trinajstić information content (AvgIpc) is 2.73. The van der Waals surface area contributed by atoms with Gasteiger partial charge in [-0.2, -0.15) is 0 Å². The number of amides is 2. The number of ether oxygens (including phenoxy) is 2. The molecule has 1 atom stereocenters. The van der Waals surface area contributed by atoms with Gasteiger partial charge in [0.25, 0.3) is 0 Å². The third-order valence-corrected chi connectivity index (χ3v) is 4.12. The molecule has 1 aromatic carbocycles. The van der Waals surface area contributed by atoms with Crippen LogP contribution in [0.15, 0.2) is 48.8 Å². The van der Waals surface area contributed by atoms with Gasteiger partial charge in [0.05, 0.1) is 12.8 Å². The highest BCUT2D eigenvalue weighted by molar-refractivity contribution is 5.91. The van der Waals surface area contributed by atoms with Crippen molar-refractivity contribution in [2.24, 2.45) is 5.92 Å². The van der Waals surface area contributed by atoms with Crippen molar-refractivity contribution in [1.29, 1.82) is 0 Å². The van der Waals surface area contributed by atoms with Gasteiger partial charge < -0.3 is 20.1 Å². The number of halogens is 1. The van der Waals surface area contributed by atoms with E-state index in [9.17, 15) is 14.0 Å². The number of nitrogens with one attached hydrogen (secondary N) is 2. The van der Waals surface area contributed by atoms with Crippen LogP contribution in [0.2, 0.25) is 0 Å². The summed E-state index contributed by atoms with van der Waals surface area (Å²) in [5.41, 5.74) is 0.509. The molecule has 2 N–H and O–H groups in total. The number of pyridine rings is 1. The molecule has 0 bridgehead atoms. The highest BCUT2D eigenvalue weighted by Crippen LogP contribution is 2.24. The molecule has 0 saturated heterocycles. The number of hydrogen-bond donors (Lipinski definition) is 2. The van der Waals surface area contributed by atoms with Crippen LogP contribution in [0.4, 0.5) is 9.18 Å². The standard InChI is InChI=1S/C23H28FN3O4/c1-4-30-23(29)27-18(12-16(2)3)14-26-22(28)10-8-17-7-9-21(20(24)13-17)31-19-6-5-11-25-15-19/h5-11,13,15-16,18H,4,12,14H2,1-3H3,(H,26,28)(H,27,29)/b10-8+. The Labute approximate surface area is 181 Å². The lowest BCUT2D eigenvalue weighted by Crippen LogP contribution is -2.44. The van der Waals surface area contributed by atoms with Gasteiger partial charge in [-0.3, -0.25) is 9.78 Å². The summed E-state index contributed by atoms with van der Waals surface area (Å²) in [6.07, 6.45) is 6.07. The molecule has 1 aromatic heterocycles. The van der Waals surface area contributed by atoms with Gasteiger partial charge in [0, 0.05) is 24.9 Å². The zero-order chi connectivity index (χ0) is 22.6. The molecule has 0 aliphatic heterocycles. The maximum Gasteiger partial charge on any atom is 0.407 e. The Kier molecular flexibility index (Phi) is 9.48.